The zero-order chi connectivity index (χ0) is 23.8. The van der Waals surface area contributed by atoms with Crippen LogP contribution in [0.3, 0.4) is 0 Å². The van der Waals surface area contributed by atoms with Crippen LogP contribution in [0.2, 0.25) is 0 Å². The number of rotatable bonds is 7. The van der Waals surface area contributed by atoms with Crippen LogP contribution in [0.25, 0.3) is 22.1 Å². The summed E-state index contributed by atoms with van der Waals surface area (Å²) in [6.07, 6.45) is 4.02. The summed E-state index contributed by atoms with van der Waals surface area (Å²) in [5.41, 5.74) is 0.626. The number of nitrogens with zero attached hydrogens (tertiary/aromatic N) is 6. The van der Waals surface area contributed by atoms with E-state index in [9.17, 15) is 14.4 Å². The van der Waals surface area contributed by atoms with Crippen molar-refractivity contribution in [2.75, 3.05) is 12.4 Å². The molecular weight excluding hydrogens is 456 g/mol. The fourth-order valence-electron chi connectivity index (χ4n) is 4.39. The van der Waals surface area contributed by atoms with Crippen LogP contribution in [0, 0.1) is 0 Å². The van der Waals surface area contributed by atoms with Crippen molar-refractivity contribution in [1.29, 1.82) is 0 Å². The maximum atomic E-state index is 13.2. The summed E-state index contributed by atoms with van der Waals surface area (Å²) >= 11 is 1.46. The van der Waals surface area contributed by atoms with E-state index in [1.54, 1.807) is 29.3 Å². The van der Waals surface area contributed by atoms with E-state index in [0.717, 1.165) is 12.8 Å². The number of ether oxygens (including phenoxy) is 1. The van der Waals surface area contributed by atoms with Crippen molar-refractivity contribution in [3.8, 4) is 0 Å². The second kappa shape index (κ2) is 9.22. The Balaban J connectivity index is 1.38. The van der Waals surface area contributed by atoms with Crippen molar-refractivity contribution >= 4 is 33.8 Å². The number of imidazole rings is 1. The molecule has 1 atom stereocenters. The van der Waals surface area contributed by atoms with Gasteiger partial charge < -0.3 is 9.30 Å². The molecule has 178 valence electrons. The maximum Gasteiger partial charge on any atom is 0.332 e. The van der Waals surface area contributed by atoms with Crippen molar-refractivity contribution < 1.29 is 4.74 Å². The third kappa shape index (κ3) is 3.98. The van der Waals surface area contributed by atoms with E-state index >= 15 is 0 Å². The minimum atomic E-state index is -0.389. The summed E-state index contributed by atoms with van der Waals surface area (Å²) in [7, 11) is 3.35. The Bertz CT molecular complexity index is 1540. The van der Waals surface area contributed by atoms with Crippen molar-refractivity contribution in [1.82, 2.24) is 28.2 Å². The quantitative estimate of drug-likeness (QED) is 0.223. The van der Waals surface area contributed by atoms with Crippen molar-refractivity contribution in [3.63, 3.8) is 0 Å². The average Bonchev–Trinajstić information content (AvgIpc) is 3.49. The lowest BCUT2D eigenvalue weighted by Gasteiger charge is -2.16. The molecule has 0 N–H and O–H groups in total. The SMILES string of the molecule is Cn1cnc2c1c(=O)n(CCCSc1nc3ccccc3c(=O)n1C[C@@H]1CCCO1)c(=O)n2C. The molecule has 0 unspecified atom stereocenters. The van der Waals surface area contributed by atoms with Gasteiger partial charge in [-0.05, 0) is 31.4 Å². The smallest absolute Gasteiger partial charge is 0.332 e. The Kier molecular flexibility index (Phi) is 6.13. The van der Waals surface area contributed by atoms with E-state index < -0.39 is 0 Å². The van der Waals surface area contributed by atoms with Crippen LogP contribution in [-0.4, -0.2) is 46.7 Å². The highest BCUT2D eigenvalue weighted by Crippen LogP contribution is 2.21. The Morgan fingerprint density at radius 2 is 1.94 bits per heavy atom. The molecule has 1 aliphatic rings. The van der Waals surface area contributed by atoms with Gasteiger partial charge in [-0.15, -0.1) is 0 Å². The van der Waals surface area contributed by atoms with Gasteiger partial charge >= 0.3 is 5.69 Å². The Morgan fingerprint density at radius 1 is 1.12 bits per heavy atom. The Hall–Kier alpha value is -3.18. The zero-order valence-electron chi connectivity index (χ0n) is 19.1. The van der Waals surface area contributed by atoms with Crippen LogP contribution >= 0.6 is 11.8 Å². The lowest BCUT2D eigenvalue weighted by molar-refractivity contribution is 0.0937. The molecule has 10 nitrogen and oxygen atoms in total. The number of benzene rings is 1. The molecule has 0 saturated carbocycles. The van der Waals surface area contributed by atoms with Gasteiger partial charge in [0, 0.05) is 33.0 Å². The summed E-state index contributed by atoms with van der Waals surface area (Å²) < 4.78 is 11.7. The van der Waals surface area contributed by atoms with Gasteiger partial charge in [0.25, 0.3) is 11.1 Å². The van der Waals surface area contributed by atoms with Crippen LogP contribution in [0.4, 0.5) is 0 Å². The lowest BCUT2D eigenvalue weighted by atomic mass is 10.2. The third-order valence-corrected chi connectivity index (χ3v) is 7.26. The predicted octanol–water partition coefficient (Wildman–Crippen LogP) is 1.50. The molecule has 0 amide bonds. The lowest BCUT2D eigenvalue weighted by Crippen LogP contribution is -2.39. The summed E-state index contributed by atoms with van der Waals surface area (Å²) in [5, 5.41) is 1.21. The average molecular weight is 483 g/mol. The van der Waals surface area contributed by atoms with Crippen molar-refractivity contribution in [2.24, 2.45) is 14.1 Å². The molecule has 0 radical (unpaired) electrons. The molecule has 4 heterocycles. The molecule has 4 aromatic rings. The standard InChI is InChI=1S/C23H26N6O4S/c1-26-14-24-19-18(26)21(31)28(23(32)27(19)2)10-6-12-34-22-25-17-9-4-3-8-16(17)20(30)29(22)13-15-7-5-11-33-15/h3-4,8-9,14-15H,5-7,10-13H2,1-2H3/t15-/m0/s1. The van der Waals surface area contributed by atoms with Gasteiger partial charge in [-0.3, -0.25) is 23.3 Å². The van der Waals surface area contributed by atoms with E-state index in [4.69, 9.17) is 9.72 Å². The van der Waals surface area contributed by atoms with Crippen LogP contribution in [0.15, 0.2) is 50.1 Å². The van der Waals surface area contributed by atoms with E-state index in [1.807, 2.05) is 18.2 Å². The van der Waals surface area contributed by atoms with Gasteiger partial charge in [-0.25, -0.2) is 14.8 Å². The number of thioether (sulfide) groups is 1. The van der Waals surface area contributed by atoms with Gasteiger partial charge in [0.05, 0.1) is 29.9 Å². The van der Waals surface area contributed by atoms with E-state index in [1.165, 1.54) is 27.2 Å². The second-order valence-corrected chi connectivity index (χ2v) is 9.55. The molecule has 11 heteroatoms. The van der Waals surface area contributed by atoms with Gasteiger partial charge in [0.2, 0.25) is 0 Å². The minimum absolute atomic E-state index is 0.00670. The number of hydrogen-bond acceptors (Lipinski definition) is 7. The minimum Gasteiger partial charge on any atom is -0.376 e. The van der Waals surface area contributed by atoms with Gasteiger partial charge in [-0.1, -0.05) is 23.9 Å². The van der Waals surface area contributed by atoms with Crippen LogP contribution < -0.4 is 16.8 Å². The fourth-order valence-corrected chi connectivity index (χ4v) is 5.32. The Labute approximate surface area is 198 Å². The molecule has 34 heavy (non-hydrogen) atoms. The zero-order valence-corrected chi connectivity index (χ0v) is 20.0. The number of hydrogen-bond donors (Lipinski definition) is 0. The highest BCUT2D eigenvalue weighted by Gasteiger charge is 2.20. The third-order valence-electron chi connectivity index (χ3n) is 6.20. The molecule has 1 aromatic carbocycles. The van der Waals surface area contributed by atoms with Crippen molar-refractivity contribution in [3.05, 3.63) is 61.8 Å². The number of aromatic nitrogens is 6. The summed E-state index contributed by atoms with van der Waals surface area (Å²) in [4.78, 5) is 47.7. The maximum absolute atomic E-state index is 13.2. The highest BCUT2D eigenvalue weighted by molar-refractivity contribution is 7.99. The molecule has 0 spiro atoms. The molecule has 1 saturated heterocycles. The highest BCUT2D eigenvalue weighted by atomic mass is 32.2. The Morgan fingerprint density at radius 3 is 2.74 bits per heavy atom. The molecular formula is C23H26N6O4S. The first-order chi connectivity index (χ1) is 16.5. The largest absolute Gasteiger partial charge is 0.376 e. The fraction of sp³-hybridized carbons (Fsp3) is 0.435. The summed E-state index contributed by atoms with van der Waals surface area (Å²) in [6.45, 7) is 1.45. The normalized spacial score (nSPS) is 16.1. The molecule has 0 aliphatic carbocycles. The van der Waals surface area contributed by atoms with E-state index in [0.29, 0.717) is 52.5 Å². The summed E-state index contributed by atoms with van der Waals surface area (Å²) in [6, 6.07) is 7.34. The monoisotopic (exact) mass is 482 g/mol. The van der Waals surface area contributed by atoms with Gasteiger partial charge in [0.15, 0.2) is 16.3 Å². The predicted molar refractivity (Wildman–Crippen MR) is 131 cm³/mol. The van der Waals surface area contributed by atoms with Gasteiger partial charge in [-0.2, -0.15) is 0 Å². The second-order valence-electron chi connectivity index (χ2n) is 8.49. The first kappa shape index (κ1) is 22.6. The topological polar surface area (TPSA) is 106 Å². The number of para-hydroxylation sites is 1. The first-order valence-corrected chi connectivity index (χ1v) is 12.3. The summed E-state index contributed by atoms with van der Waals surface area (Å²) in [5.74, 6) is 0.593. The van der Waals surface area contributed by atoms with E-state index in [-0.39, 0.29) is 29.5 Å². The number of fused-ring (bicyclic) bond motifs is 2. The molecule has 0 bridgehead atoms. The van der Waals surface area contributed by atoms with Crippen LogP contribution in [0.1, 0.15) is 19.3 Å². The van der Waals surface area contributed by atoms with Gasteiger partial charge in [0.1, 0.15) is 0 Å². The molecule has 1 fully saturated rings. The van der Waals surface area contributed by atoms with E-state index in [2.05, 4.69) is 4.98 Å². The van der Waals surface area contributed by atoms with Crippen molar-refractivity contribution in [2.45, 2.75) is 43.6 Å². The van der Waals surface area contributed by atoms with Crippen LogP contribution in [0.5, 0.6) is 0 Å². The van der Waals surface area contributed by atoms with Crippen LogP contribution in [-0.2, 0) is 31.9 Å². The number of aryl methyl sites for hydroxylation is 2. The molecule has 1 aliphatic heterocycles. The molecule has 3 aromatic heterocycles. The molecule has 5 rings (SSSR count). The first-order valence-electron chi connectivity index (χ1n) is 11.3.